The minimum atomic E-state index is -3.65. The van der Waals surface area contributed by atoms with Gasteiger partial charge < -0.3 is 9.84 Å². The summed E-state index contributed by atoms with van der Waals surface area (Å²) >= 11 is 0. The van der Waals surface area contributed by atoms with Crippen molar-refractivity contribution in [2.24, 2.45) is 34.5 Å². The van der Waals surface area contributed by atoms with Crippen LogP contribution in [-0.4, -0.2) is 48.5 Å². The average Bonchev–Trinajstić information content (AvgIpc) is 3.26. The van der Waals surface area contributed by atoms with Crippen molar-refractivity contribution in [1.82, 2.24) is 0 Å². The van der Waals surface area contributed by atoms with Crippen LogP contribution >= 0.6 is 0 Å². The van der Waals surface area contributed by atoms with Crippen LogP contribution in [0.4, 0.5) is 0 Å². The molecule has 0 amide bonds. The van der Waals surface area contributed by atoms with Crippen LogP contribution in [0.2, 0.25) is 0 Å². The highest BCUT2D eigenvalue weighted by Gasteiger charge is 2.90. The van der Waals surface area contributed by atoms with E-state index in [-0.39, 0.29) is 40.8 Å². The van der Waals surface area contributed by atoms with Crippen molar-refractivity contribution in [3.8, 4) is 0 Å². The van der Waals surface area contributed by atoms with E-state index >= 15 is 0 Å². The van der Waals surface area contributed by atoms with Crippen molar-refractivity contribution in [2.75, 3.05) is 12.4 Å². The minimum Gasteiger partial charge on any atom is -0.383 e. The first-order chi connectivity index (χ1) is 14.0. The van der Waals surface area contributed by atoms with Crippen LogP contribution in [0.3, 0.4) is 0 Å². The highest BCUT2D eigenvalue weighted by molar-refractivity contribution is 7.87. The largest absolute Gasteiger partial charge is 0.383 e. The molecule has 30 heavy (non-hydrogen) atoms. The molecule has 9 atom stereocenters. The summed E-state index contributed by atoms with van der Waals surface area (Å²) in [5, 5.41) is 12.1. The number of ether oxygens (including phenoxy) is 1. The SMILES string of the molecule is C[C@@H]1CC2C3CCC4=CC(=O)C=C[C@]4(C)[C@@]34C[C@H]4C[C@@]23OC2(COS(=O)(=O)C2)[C@@]13O. The van der Waals surface area contributed by atoms with Crippen molar-refractivity contribution >= 4 is 15.9 Å². The van der Waals surface area contributed by atoms with Gasteiger partial charge in [0, 0.05) is 5.41 Å². The summed E-state index contributed by atoms with van der Waals surface area (Å²) in [6.07, 6.45) is 10.4. The fraction of sp³-hybridized carbons (Fsp3) is 0.783. The summed E-state index contributed by atoms with van der Waals surface area (Å²) in [6.45, 7) is 4.29. The van der Waals surface area contributed by atoms with Crippen LogP contribution in [0.5, 0.6) is 0 Å². The van der Waals surface area contributed by atoms with Gasteiger partial charge in [0.2, 0.25) is 0 Å². The van der Waals surface area contributed by atoms with Crippen molar-refractivity contribution < 1.29 is 27.2 Å². The van der Waals surface area contributed by atoms with Crippen LogP contribution in [0, 0.1) is 34.5 Å². The molecule has 0 aromatic rings. The molecule has 0 bridgehead atoms. The third-order valence-electron chi connectivity index (χ3n) is 10.6. The molecule has 0 aromatic carbocycles. The first-order valence-electron chi connectivity index (χ1n) is 11.3. The molecule has 1 N–H and O–H groups in total. The third kappa shape index (κ3) is 1.62. The van der Waals surface area contributed by atoms with E-state index in [1.165, 1.54) is 5.57 Å². The topological polar surface area (TPSA) is 89.9 Å². The number of aliphatic hydroxyl groups is 1. The van der Waals surface area contributed by atoms with E-state index in [9.17, 15) is 18.3 Å². The van der Waals surface area contributed by atoms with Crippen LogP contribution in [0.15, 0.2) is 23.8 Å². The Morgan fingerprint density at radius 3 is 2.77 bits per heavy atom. The minimum absolute atomic E-state index is 0.0316. The standard InChI is InChI=1S/C23H28O6S/c1-13-7-18-17-4-3-14-8-16(24)5-6-19(14,2)21(17)9-15(21)10-22(18)23(13,25)20(29-22)11-28-30(26,27)12-20/h5-6,8,13,15,17-18,25H,3-4,7,9-12H2,1-2H3/t13-,15+,17?,18?,19+,20?,21-,22-,23+/m1/s1. The number of hydrogen-bond donors (Lipinski definition) is 1. The zero-order valence-corrected chi connectivity index (χ0v) is 18.2. The summed E-state index contributed by atoms with van der Waals surface area (Å²) in [7, 11) is -3.65. The summed E-state index contributed by atoms with van der Waals surface area (Å²) in [6, 6.07) is 0. The third-order valence-corrected chi connectivity index (χ3v) is 11.9. The van der Waals surface area contributed by atoms with E-state index in [2.05, 4.69) is 19.9 Å². The van der Waals surface area contributed by atoms with Crippen molar-refractivity contribution in [2.45, 2.75) is 62.8 Å². The molecule has 4 saturated carbocycles. The molecule has 2 aliphatic heterocycles. The maximum Gasteiger partial charge on any atom is 0.270 e. The van der Waals surface area contributed by atoms with Gasteiger partial charge in [-0.05, 0) is 73.3 Å². The predicted molar refractivity (Wildman–Crippen MR) is 107 cm³/mol. The molecule has 0 radical (unpaired) electrons. The highest BCUT2D eigenvalue weighted by atomic mass is 32.2. The smallest absolute Gasteiger partial charge is 0.270 e. The fourth-order valence-electron chi connectivity index (χ4n) is 9.57. The normalized spacial score (nSPS) is 61.3. The van der Waals surface area contributed by atoms with E-state index in [0.29, 0.717) is 11.8 Å². The van der Waals surface area contributed by atoms with Crippen LogP contribution < -0.4 is 0 Å². The molecule has 6 fully saturated rings. The van der Waals surface area contributed by atoms with Gasteiger partial charge in [-0.15, -0.1) is 0 Å². The molecule has 3 unspecified atom stereocenters. The molecule has 3 spiro atoms. The molecule has 7 heteroatoms. The van der Waals surface area contributed by atoms with E-state index in [4.69, 9.17) is 8.92 Å². The Balaban J connectivity index is 1.32. The van der Waals surface area contributed by atoms with E-state index in [0.717, 1.165) is 32.1 Å². The Morgan fingerprint density at radius 2 is 2.03 bits per heavy atom. The number of allylic oxidation sites excluding steroid dienone is 4. The van der Waals surface area contributed by atoms with Gasteiger partial charge >= 0.3 is 0 Å². The van der Waals surface area contributed by atoms with Gasteiger partial charge in [0.05, 0.1) is 6.61 Å². The monoisotopic (exact) mass is 432 g/mol. The molecule has 2 heterocycles. The molecule has 5 aliphatic carbocycles. The maximum atomic E-state index is 12.1. The molecule has 162 valence electrons. The Morgan fingerprint density at radius 1 is 1.23 bits per heavy atom. The lowest BCUT2D eigenvalue weighted by atomic mass is 9.46. The van der Waals surface area contributed by atoms with Crippen LogP contribution in [0.1, 0.15) is 46.0 Å². The lowest BCUT2D eigenvalue weighted by molar-refractivity contribution is -0.417. The number of hydrogen-bond acceptors (Lipinski definition) is 6. The van der Waals surface area contributed by atoms with Gasteiger partial charge in [0.25, 0.3) is 10.1 Å². The highest BCUT2D eigenvalue weighted by Crippen LogP contribution is 2.85. The summed E-state index contributed by atoms with van der Waals surface area (Å²) in [4.78, 5) is 12.0. The Bertz CT molecular complexity index is 1080. The molecule has 0 aromatic heterocycles. The lowest BCUT2D eigenvalue weighted by Gasteiger charge is -2.69. The van der Waals surface area contributed by atoms with E-state index in [1.54, 1.807) is 6.08 Å². The summed E-state index contributed by atoms with van der Waals surface area (Å²) in [5.41, 5.74) is -1.61. The molecule has 6 nitrogen and oxygen atoms in total. The van der Waals surface area contributed by atoms with Gasteiger partial charge in [0.1, 0.15) is 22.6 Å². The number of carbonyl (C=O) groups is 1. The second-order valence-electron chi connectivity index (χ2n) is 11.4. The van der Waals surface area contributed by atoms with Crippen molar-refractivity contribution in [3.63, 3.8) is 0 Å². The quantitative estimate of drug-likeness (QED) is 0.590. The molecular weight excluding hydrogens is 404 g/mol. The Labute approximate surface area is 176 Å². The number of ketones is 1. The Kier molecular flexibility index (Phi) is 2.98. The zero-order valence-electron chi connectivity index (χ0n) is 17.4. The van der Waals surface area contributed by atoms with Gasteiger partial charge in [0.15, 0.2) is 5.78 Å². The van der Waals surface area contributed by atoms with E-state index < -0.39 is 26.9 Å². The van der Waals surface area contributed by atoms with Crippen LogP contribution in [0.25, 0.3) is 0 Å². The van der Waals surface area contributed by atoms with Crippen LogP contribution in [-0.2, 0) is 23.8 Å². The van der Waals surface area contributed by atoms with Gasteiger partial charge in [-0.1, -0.05) is 25.5 Å². The number of carbonyl (C=O) groups excluding carboxylic acids is 1. The van der Waals surface area contributed by atoms with E-state index in [1.807, 2.05) is 6.08 Å². The summed E-state index contributed by atoms with van der Waals surface area (Å²) < 4.78 is 35.9. The second-order valence-corrected chi connectivity index (χ2v) is 13.0. The second kappa shape index (κ2) is 4.82. The fourth-order valence-corrected chi connectivity index (χ4v) is 11.0. The van der Waals surface area contributed by atoms with Gasteiger partial charge in [-0.2, -0.15) is 8.42 Å². The van der Waals surface area contributed by atoms with Gasteiger partial charge in [-0.25, -0.2) is 0 Å². The van der Waals surface area contributed by atoms with Crippen molar-refractivity contribution in [3.05, 3.63) is 23.8 Å². The predicted octanol–water partition coefficient (Wildman–Crippen LogP) is 2.13. The van der Waals surface area contributed by atoms with Crippen molar-refractivity contribution in [1.29, 1.82) is 0 Å². The molecule has 7 aliphatic rings. The zero-order chi connectivity index (χ0) is 20.9. The first kappa shape index (κ1) is 18.5. The lowest BCUT2D eigenvalue weighted by Crippen LogP contribution is -2.85. The average molecular weight is 433 g/mol. The summed E-state index contributed by atoms with van der Waals surface area (Å²) in [5.74, 6) is 0.885. The molecular formula is C23H28O6S. The molecule has 7 rings (SSSR count). The maximum absolute atomic E-state index is 12.1. The number of rotatable bonds is 0. The van der Waals surface area contributed by atoms with Gasteiger partial charge in [-0.3, -0.25) is 8.98 Å². The first-order valence-corrected chi connectivity index (χ1v) is 12.9. The Hall–Kier alpha value is -1.02. The number of fused-ring (bicyclic) bond motifs is 3. The molecule has 2 saturated heterocycles.